The Morgan fingerprint density at radius 1 is 1.08 bits per heavy atom. The Labute approximate surface area is 149 Å². The van der Waals surface area contributed by atoms with Gasteiger partial charge in [-0.15, -0.1) is 12.4 Å². The van der Waals surface area contributed by atoms with Crippen molar-refractivity contribution in [1.29, 1.82) is 0 Å². The fraction of sp³-hybridized carbons (Fsp3) is 0.316. The summed E-state index contributed by atoms with van der Waals surface area (Å²) in [6, 6.07) is 15.7. The summed E-state index contributed by atoms with van der Waals surface area (Å²) in [4.78, 5) is 12.3. The highest BCUT2D eigenvalue weighted by molar-refractivity contribution is 5.85. The Morgan fingerprint density at radius 2 is 1.58 bits per heavy atom. The van der Waals surface area contributed by atoms with E-state index in [2.05, 4.69) is 5.32 Å². The summed E-state index contributed by atoms with van der Waals surface area (Å²) >= 11 is 0. The van der Waals surface area contributed by atoms with Crippen molar-refractivity contribution < 1.29 is 9.53 Å². The topological polar surface area (TPSA) is 64.3 Å². The van der Waals surface area contributed by atoms with Crippen molar-refractivity contribution in [2.45, 2.75) is 19.9 Å². The Hall–Kier alpha value is -2.04. The summed E-state index contributed by atoms with van der Waals surface area (Å²) in [7, 11) is 1.64. The molecule has 0 aliphatic carbocycles. The minimum atomic E-state index is -0.221. The second kappa shape index (κ2) is 9.30. The molecule has 4 nitrogen and oxygen atoms in total. The number of nitrogens with two attached hydrogens (primary N) is 1. The van der Waals surface area contributed by atoms with E-state index in [0.717, 1.165) is 16.9 Å². The van der Waals surface area contributed by atoms with Crippen LogP contribution in [0.5, 0.6) is 5.75 Å². The van der Waals surface area contributed by atoms with Crippen LogP contribution in [0.15, 0.2) is 48.5 Å². The zero-order valence-electron chi connectivity index (χ0n) is 14.3. The number of hydrogen-bond donors (Lipinski definition) is 2. The molecule has 0 fully saturated rings. The number of benzene rings is 2. The molecular formula is C19H25ClN2O2. The first-order chi connectivity index (χ1) is 11.0. The van der Waals surface area contributed by atoms with Crippen LogP contribution in [0.2, 0.25) is 0 Å². The zero-order chi connectivity index (χ0) is 16.8. The van der Waals surface area contributed by atoms with Gasteiger partial charge in [-0.1, -0.05) is 48.9 Å². The van der Waals surface area contributed by atoms with Gasteiger partial charge < -0.3 is 15.8 Å². The maximum absolute atomic E-state index is 12.3. The zero-order valence-corrected chi connectivity index (χ0v) is 15.1. The number of aryl methyl sites for hydroxylation is 1. The predicted octanol–water partition coefficient (Wildman–Crippen LogP) is 3.23. The first kappa shape index (κ1) is 20.0. The average molecular weight is 349 g/mol. The van der Waals surface area contributed by atoms with Crippen LogP contribution in [0.3, 0.4) is 0 Å². The lowest BCUT2D eigenvalue weighted by Gasteiger charge is -2.22. The number of ether oxygens (including phenoxy) is 1. The molecule has 0 saturated carbocycles. The summed E-state index contributed by atoms with van der Waals surface area (Å²) in [5, 5.41) is 3.10. The normalized spacial score (nSPS) is 12.7. The van der Waals surface area contributed by atoms with Gasteiger partial charge in [-0.25, -0.2) is 0 Å². The van der Waals surface area contributed by atoms with Crippen LogP contribution >= 0.6 is 12.4 Å². The molecule has 2 rings (SSSR count). The number of halogens is 1. The molecule has 5 heteroatoms. The Kier molecular flexibility index (Phi) is 7.75. The summed E-state index contributed by atoms with van der Waals surface area (Å²) in [6.45, 7) is 4.20. The van der Waals surface area contributed by atoms with E-state index in [0.29, 0.717) is 6.54 Å². The van der Waals surface area contributed by atoms with E-state index in [-0.39, 0.29) is 30.3 Å². The monoisotopic (exact) mass is 348 g/mol. The van der Waals surface area contributed by atoms with Crippen molar-refractivity contribution in [3.05, 3.63) is 65.2 Å². The number of nitrogens with one attached hydrogen (secondary N) is 1. The number of rotatable bonds is 6. The summed E-state index contributed by atoms with van der Waals surface area (Å²) in [5.74, 6) is 0.521. The van der Waals surface area contributed by atoms with Gasteiger partial charge >= 0.3 is 0 Å². The molecule has 2 aromatic rings. The molecule has 3 N–H and O–H groups in total. The Bertz CT molecular complexity index is 641. The highest BCUT2D eigenvalue weighted by Crippen LogP contribution is 2.25. The highest BCUT2D eigenvalue weighted by Gasteiger charge is 2.20. The lowest BCUT2D eigenvalue weighted by Crippen LogP contribution is -2.36. The second-order valence-electron chi connectivity index (χ2n) is 5.76. The van der Waals surface area contributed by atoms with Crippen LogP contribution in [0.4, 0.5) is 0 Å². The van der Waals surface area contributed by atoms with Gasteiger partial charge in [0.15, 0.2) is 0 Å². The van der Waals surface area contributed by atoms with Crippen molar-refractivity contribution in [3.8, 4) is 5.75 Å². The lowest BCUT2D eigenvalue weighted by molar-refractivity contribution is -0.124. The number of methoxy groups -OCH3 is 1. The summed E-state index contributed by atoms with van der Waals surface area (Å²) in [6.07, 6.45) is 0. The molecule has 0 bridgehead atoms. The highest BCUT2D eigenvalue weighted by atomic mass is 35.5. The fourth-order valence-corrected chi connectivity index (χ4v) is 2.31. The molecule has 0 spiro atoms. The van der Waals surface area contributed by atoms with Crippen LogP contribution in [0.1, 0.15) is 29.7 Å². The molecule has 1 amide bonds. The quantitative estimate of drug-likeness (QED) is 0.842. The van der Waals surface area contributed by atoms with Crippen LogP contribution in [-0.2, 0) is 4.79 Å². The van der Waals surface area contributed by atoms with E-state index >= 15 is 0 Å². The van der Waals surface area contributed by atoms with Crippen molar-refractivity contribution in [2.75, 3.05) is 13.7 Å². The first-order valence-corrected chi connectivity index (χ1v) is 7.76. The fourth-order valence-electron chi connectivity index (χ4n) is 2.31. The molecule has 2 atom stereocenters. The van der Waals surface area contributed by atoms with E-state index in [1.165, 1.54) is 5.56 Å². The van der Waals surface area contributed by atoms with Crippen molar-refractivity contribution >= 4 is 18.3 Å². The Balaban J connectivity index is 0.00000288. The van der Waals surface area contributed by atoms with Crippen molar-refractivity contribution in [2.24, 2.45) is 11.7 Å². The molecule has 24 heavy (non-hydrogen) atoms. The predicted molar refractivity (Wildman–Crippen MR) is 99.6 cm³/mol. The van der Waals surface area contributed by atoms with E-state index in [9.17, 15) is 4.79 Å². The Morgan fingerprint density at radius 3 is 2.04 bits per heavy atom. The molecule has 130 valence electrons. The van der Waals surface area contributed by atoms with Crippen LogP contribution < -0.4 is 15.8 Å². The number of amides is 1. The lowest BCUT2D eigenvalue weighted by atomic mass is 9.97. The van der Waals surface area contributed by atoms with E-state index in [4.69, 9.17) is 10.5 Å². The number of carbonyl (C=O) groups excluding carboxylic acids is 1. The van der Waals surface area contributed by atoms with Gasteiger partial charge in [0.2, 0.25) is 5.91 Å². The van der Waals surface area contributed by atoms with Crippen LogP contribution in [0.25, 0.3) is 0 Å². The SMILES string of the molecule is COc1ccc(C(NC(=O)C(C)CN)c2ccc(C)cc2)cc1.Cl. The van der Waals surface area contributed by atoms with Gasteiger partial charge in [0.25, 0.3) is 0 Å². The van der Waals surface area contributed by atoms with E-state index in [1.807, 2.05) is 62.4 Å². The molecule has 0 heterocycles. The number of carbonyl (C=O) groups is 1. The maximum atomic E-state index is 12.3. The molecule has 0 aliphatic heterocycles. The number of hydrogen-bond acceptors (Lipinski definition) is 3. The molecule has 2 aromatic carbocycles. The smallest absolute Gasteiger partial charge is 0.224 e. The summed E-state index contributed by atoms with van der Waals surface area (Å²) < 4.78 is 5.20. The van der Waals surface area contributed by atoms with E-state index in [1.54, 1.807) is 7.11 Å². The van der Waals surface area contributed by atoms with Gasteiger partial charge in [-0.3, -0.25) is 4.79 Å². The maximum Gasteiger partial charge on any atom is 0.224 e. The molecule has 0 saturated heterocycles. The van der Waals surface area contributed by atoms with Gasteiger partial charge in [-0.2, -0.15) is 0 Å². The summed E-state index contributed by atoms with van der Waals surface area (Å²) in [5.41, 5.74) is 8.84. The standard InChI is InChI=1S/C19H24N2O2.ClH/c1-13-4-6-15(7-5-13)18(21-19(22)14(2)12-20)16-8-10-17(23-3)11-9-16;/h4-11,14,18H,12,20H2,1-3H3,(H,21,22);1H. The first-order valence-electron chi connectivity index (χ1n) is 7.76. The molecule has 2 unspecified atom stereocenters. The van der Waals surface area contributed by atoms with Crippen molar-refractivity contribution in [1.82, 2.24) is 5.32 Å². The molecule has 0 radical (unpaired) electrons. The van der Waals surface area contributed by atoms with Gasteiger partial charge in [0.05, 0.1) is 13.2 Å². The molecule has 0 aromatic heterocycles. The average Bonchev–Trinajstić information content (AvgIpc) is 2.59. The molecule has 0 aliphatic rings. The second-order valence-corrected chi connectivity index (χ2v) is 5.76. The van der Waals surface area contributed by atoms with E-state index < -0.39 is 0 Å². The van der Waals surface area contributed by atoms with Crippen molar-refractivity contribution in [3.63, 3.8) is 0 Å². The third-order valence-electron chi connectivity index (χ3n) is 3.95. The van der Waals surface area contributed by atoms with Crippen LogP contribution in [0, 0.1) is 12.8 Å². The van der Waals surface area contributed by atoms with Gasteiger partial charge in [-0.05, 0) is 30.2 Å². The minimum Gasteiger partial charge on any atom is -0.497 e. The molecular weight excluding hydrogens is 324 g/mol. The largest absolute Gasteiger partial charge is 0.497 e. The van der Waals surface area contributed by atoms with Gasteiger partial charge in [0, 0.05) is 12.5 Å². The third-order valence-corrected chi connectivity index (χ3v) is 3.95. The van der Waals surface area contributed by atoms with Crippen LogP contribution in [-0.4, -0.2) is 19.6 Å². The van der Waals surface area contributed by atoms with Gasteiger partial charge in [0.1, 0.15) is 5.75 Å². The third kappa shape index (κ3) is 4.98. The minimum absolute atomic E-state index is 0.